The number of alkyl halides is 2. The summed E-state index contributed by atoms with van der Waals surface area (Å²) in [7, 11) is 1.64. The van der Waals surface area contributed by atoms with Crippen LogP contribution in [0.2, 0.25) is 0 Å². The average molecular weight is 443 g/mol. The number of rotatable bonds is 5. The maximum absolute atomic E-state index is 14.5. The molecule has 0 spiro atoms. The molecular weight excluding hydrogens is 420 g/mol. The molecule has 2 atom stereocenters. The van der Waals surface area contributed by atoms with Gasteiger partial charge in [-0.3, -0.25) is 9.48 Å². The van der Waals surface area contributed by atoms with Crippen LogP contribution in [-0.4, -0.2) is 65.6 Å². The predicted octanol–water partition coefficient (Wildman–Crippen LogP) is 2.54. The maximum atomic E-state index is 14.5. The quantitative estimate of drug-likeness (QED) is 0.598. The highest BCUT2D eigenvalue weighted by Gasteiger charge is 2.47. The van der Waals surface area contributed by atoms with E-state index >= 15 is 0 Å². The molecule has 1 fully saturated rings. The zero-order valence-corrected chi connectivity index (χ0v) is 17.9. The van der Waals surface area contributed by atoms with E-state index < -0.39 is 30.3 Å². The lowest BCUT2D eigenvalue weighted by Gasteiger charge is -2.42. The molecule has 9 nitrogen and oxygen atoms in total. The minimum atomic E-state index is -3.02. The topological polar surface area (TPSA) is 98.9 Å². The van der Waals surface area contributed by atoms with E-state index in [9.17, 15) is 13.6 Å². The highest BCUT2D eigenvalue weighted by atomic mass is 19.3. The van der Waals surface area contributed by atoms with Crippen molar-refractivity contribution in [1.82, 2.24) is 34.6 Å². The molecule has 11 heteroatoms. The van der Waals surface area contributed by atoms with Crippen LogP contribution in [-0.2, 0) is 7.05 Å². The molecule has 0 aliphatic carbocycles. The second-order valence-electron chi connectivity index (χ2n) is 8.03. The average Bonchev–Trinajstić information content (AvgIpc) is 3.15. The Kier molecular flexibility index (Phi) is 5.81. The summed E-state index contributed by atoms with van der Waals surface area (Å²) in [6.07, 6.45) is 7.53. The predicted molar refractivity (Wildman–Crippen MR) is 110 cm³/mol. The molecule has 32 heavy (non-hydrogen) atoms. The fourth-order valence-corrected chi connectivity index (χ4v) is 3.82. The summed E-state index contributed by atoms with van der Waals surface area (Å²) in [5.74, 6) is -3.88. The Morgan fingerprint density at radius 1 is 1.22 bits per heavy atom. The van der Waals surface area contributed by atoms with E-state index in [0.717, 1.165) is 10.5 Å². The van der Waals surface area contributed by atoms with E-state index in [0.29, 0.717) is 11.4 Å². The van der Waals surface area contributed by atoms with Gasteiger partial charge in [-0.1, -0.05) is 6.92 Å². The SMILES string of the molecule is Cc1cnc(OCC2[C@H](C)CC(F)(F)CN2C(=O)c2nn(C)cc2-c2ncccn2)nc1. The van der Waals surface area contributed by atoms with E-state index in [-0.39, 0.29) is 24.7 Å². The van der Waals surface area contributed by atoms with E-state index in [1.54, 1.807) is 51.0 Å². The van der Waals surface area contributed by atoms with Crippen molar-refractivity contribution in [3.63, 3.8) is 0 Å². The Morgan fingerprint density at radius 2 is 1.91 bits per heavy atom. The summed E-state index contributed by atoms with van der Waals surface area (Å²) in [4.78, 5) is 31.1. The minimum absolute atomic E-state index is 0.0141. The molecule has 3 aromatic rings. The number of carbonyl (C=O) groups is 1. The van der Waals surface area contributed by atoms with Gasteiger partial charge in [-0.2, -0.15) is 5.10 Å². The van der Waals surface area contributed by atoms with Gasteiger partial charge in [0.25, 0.3) is 11.8 Å². The third kappa shape index (κ3) is 4.56. The fourth-order valence-electron chi connectivity index (χ4n) is 3.82. The number of ether oxygens (including phenoxy) is 1. The molecule has 1 saturated heterocycles. The Hall–Kier alpha value is -3.50. The summed E-state index contributed by atoms with van der Waals surface area (Å²) in [6.45, 7) is 2.77. The molecule has 0 aromatic carbocycles. The number of piperidine rings is 1. The molecule has 0 radical (unpaired) electrons. The van der Waals surface area contributed by atoms with Crippen LogP contribution in [0.4, 0.5) is 8.78 Å². The number of hydrogen-bond donors (Lipinski definition) is 0. The molecule has 4 heterocycles. The largest absolute Gasteiger partial charge is 0.461 e. The van der Waals surface area contributed by atoms with Gasteiger partial charge in [-0.25, -0.2) is 28.7 Å². The van der Waals surface area contributed by atoms with Crippen molar-refractivity contribution < 1.29 is 18.3 Å². The molecule has 1 amide bonds. The second-order valence-corrected chi connectivity index (χ2v) is 8.03. The Bertz CT molecular complexity index is 1090. The normalized spacial score (nSPS) is 20.2. The van der Waals surface area contributed by atoms with Gasteiger partial charge < -0.3 is 9.64 Å². The van der Waals surface area contributed by atoms with Crippen LogP contribution >= 0.6 is 0 Å². The molecule has 3 aromatic heterocycles. The number of hydrogen-bond acceptors (Lipinski definition) is 7. The minimum Gasteiger partial charge on any atom is -0.461 e. The van der Waals surface area contributed by atoms with Crippen molar-refractivity contribution in [1.29, 1.82) is 0 Å². The lowest BCUT2D eigenvalue weighted by molar-refractivity contribution is -0.0981. The van der Waals surface area contributed by atoms with Gasteiger partial charge in [-0.15, -0.1) is 0 Å². The highest BCUT2D eigenvalue weighted by molar-refractivity contribution is 5.98. The first-order valence-corrected chi connectivity index (χ1v) is 10.1. The maximum Gasteiger partial charge on any atom is 0.316 e. The molecule has 168 valence electrons. The third-order valence-corrected chi connectivity index (χ3v) is 5.32. The van der Waals surface area contributed by atoms with Crippen LogP contribution in [0.15, 0.2) is 37.1 Å². The Balaban J connectivity index is 1.64. The number of amides is 1. The Labute approximate surface area is 183 Å². The zero-order valence-electron chi connectivity index (χ0n) is 17.9. The van der Waals surface area contributed by atoms with Gasteiger partial charge in [0.15, 0.2) is 11.5 Å². The summed E-state index contributed by atoms with van der Waals surface area (Å²) >= 11 is 0. The summed E-state index contributed by atoms with van der Waals surface area (Å²) in [5, 5.41) is 4.23. The summed E-state index contributed by atoms with van der Waals surface area (Å²) in [5.41, 5.74) is 1.26. The van der Waals surface area contributed by atoms with Crippen molar-refractivity contribution in [2.75, 3.05) is 13.2 Å². The smallest absolute Gasteiger partial charge is 0.316 e. The molecule has 0 N–H and O–H groups in total. The first kappa shape index (κ1) is 21.7. The van der Waals surface area contributed by atoms with Crippen LogP contribution < -0.4 is 4.74 Å². The van der Waals surface area contributed by atoms with Gasteiger partial charge in [-0.05, 0) is 24.5 Å². The van der Waals surface area contributed by atoms with E-state index in [1.165, 1.54) is 4.68 Å². The van der Waals surface area contributed by atoms with Crippen molar-refractivity contribution in [3.05, 3.63) is 48.3 Å². The van der Waals surface area contributed by atoms with E-state index in [1.807, 2.05) is 6.92 Å². The van der Waals surface area contributed by atoms with Crippen LogP contribution in [0.5, 0.6) is 6.01 Å². The first-order valence-electron chi connectivity index (χ1n) is 10.1. The van der Waals surface area contributed by atoms with Gasteiger partial charge in [0.05, 0.1) is 18.2 Å². The molecule has 0 bridgehead atoms. The third-order valence-electron chi connectivity index (χ3n) is 5.32. The molecule has 1 aliphatic heterocycles. The summed E-state index contributed by atoms with van der Waals surface area (Å²) in [6, 6.07) is 1.16. The van der Waals surface area contributed by atoms with Crippen LogP contribution in [0.1, 0.15) is 29.4 Å². The molecule has 1 unspecified atom stereocenters. The standard InChI is InChI=1S/C21H23F2N7O2/c1-13-8-26-20(27-9-13)32-11-16-14(2)7-21(22,23)12-30(16)19(31)17-15(10-29(3)28-17)18-24-5-4-6-25-18/h4-6,8-10,14,16H,7,11-12H2,1-3H3/t14-,16?/m1/s1. The van der Waals surface area contributed by atoms with Crippen LogP contribution in [0.25, 0.3) is 11.4 Å². The second kappa shape index (κ2) is 8.56. The Morgan fingerprint density at radius 3 is 2.59 bits per heavy atom. The van der Waals surface area contributed by atoms with Gasteiger partial charge in [0.2, 0.25) is 0 Å². The number of aryl methyl sites for hydroxylation is 2. The number of carbonyl (C=O) groups excluding carboxylic acids is 1. The van der Waals surface area contributed by atoms with Crippen molar-refractivity contribution in [2.24, 2.45) is 13.0 Å². The zero-order chi connectivity index (χ0) is 22.9. The fraction of sp³-hybridized carbons (Fsp3) is 0.429. The van der Waals surface area contributed by atoms with Crippen LogP contribution in [0.3, 0.4) is 0 Å². The highest BCUT2D eigenvalue weighted by Crippen LogP contribution is 2.36. The van der Waals surface area contributed by atoms with Gasteiger partial charge >= 0.3 is 6.01 Å². The molecule has 4 rings (SSSR count). The van der Waals surface area contributed by atoms with E-state index in [4.69, 9.17) is 4.74 Å². The van der Waals surface area contributed by atoms with Gasteiger partial charge in [0, 0.05) is 44.5 Å². The van der Waals surface area contributed by atoms with Crippen LogP contribution in [0, 0.1) is 12.8 Å². The molecule has 1 aliphatic rings. The van der Waals surface area contributed by atoms with Crippen molar-refractivity contribution in [2.45, 2.75) is 32.2 Å². The number of halogens is 2. The van der Waals surface area contributed by atoms with Crippen molar-refractivity contribution >= 4 is 5.91 Å². The first-order chi connectivity index (χ1) is 15.2. The van der Waals surface area contributed by atoms with Crippen molar-refractivity contribution in [3.8, 4) is 17.4 Å². The molecule has 0 saturated carbocycles. The lowest BCUT2D eigenvalue weighted by atomic mass is 9.88. The van der Waals surface area contributed by atoms with E-state index in [2.05, 4.69) is 25.0 Å². The molecular formula is C21H23F2N7O2. The number of aromatic nitrogens is 6. The summed E-state index contributed by atoms with van der Waals surface area (Å²) < 4.78 is 36.1. The number of nitrogens with zero attached hydrogens (tertiary/aromatic N) is 7. The lowest BCUT2D eigenvalue weighted by Crippen LogP contribution is -2.57. The van der Waals surface area contributed by atoms with Gasteiger partial charge in [0.1, 0.15) is 6.61 Å². The number of likely N-dealkylation sites (tertiary alicyclic amines) is 1. The monoisotopic (exact) mass is 443 g/mol.